The Hall–Kier alpha value is -4.42. The Morgan fingerprint density at radius 3 is 2.51 bits per heavy atom. The van der Waals surface area contributed by atoms with Gasteiger partial charge in [0.05, 0.1) is 28.7 Å². The highest BCUT2D eigenvalue weighted by Gasteiger charge is 2.42. The van der Waals surface area contributed by atoms with Crippen LogP contribution in [0.2, 0.25) is 0 Å². The van der Waals surface area contributed by atoms with E-state index in [0.29, 0.717) is 59.8 Å². The first-order valence-electron chi connectivity index (χ1n) is 14.8. The summed E-state index contributed by atoms with van der Waals surface area (Å²) < 4.78 is 34.2. The number of furan rings is 1. The van der Waals surface area contributed by atoms with Gasteiger partial charge in [0.2, 0.25) is 21.8 Å². The number of rotatable bonds is 10. The average molecular weight is 634 g/mol. The molecule has 45 heavy (non-hydrogen) atoms. The number of anilines is 3. The Kier molecular flexibility index (Phi) is 8.65. The summed E-state index contributed by atoms with van der Waals surface area (Å²) in [4.78, 5) is 43.1. The molecular formula is C33H39N5O6S. The SMILES string of the molecule is CCC(c1ccc2c(c1)N(C)C(=O)C(C)(C)C(=O)N2)N(CCn1ccc2oc(C)cc2c1=O)Cc1ccccc1NS(C)(=O)=O. The van der Waals surface area contributed by atoms with E-state index in [1.54, 1.807) is 62.8 Å². The summed E-state index contributed by atoms with van der Waals surface area (Å²) in [6, 6.07) is 16.2. The molecule has 4 aromatic rings. The van der Waals surface area contributed by atoms with E-state index >= 15 is 0 Å². The number of hydrogen-bond acceptors (Lipinski definition) is 7. The second kappa shape index (κ2) is 12.2. The fraction of sp³-hybridized carbons (Fsp3) is 0.364. The number of carbonyl (C=O) groups is 2. The van der Waals surface area contributed by atoms with Crippen LogP contribution in [0, 0.1) is 12.3 Å². The molecule has 0 saturated carbocycles. The Bertz CT molecular complexity index is 1940. The molecule has 0 bridgehead atoms. The summed E-state index contributed by atoms with van der Waals surface area (Å²) in [5, 5.41) is 3.41. The summed E-state index contributed by atoms with van der Waals surface area (Å²) in [5.74, 6) is -0.0238. The minimum Gasteiger partial charge on any atom is -0.461 e. The van der Waals surface area contributed by atoms with E-state index in [9.17, 15) is 22.8 Å². The zero-order chi connectivity index (χ0) is 32.7. The molecule has 0 spiro atoms. The number of para-hydroxylation sites is 1. The van der Waals surface area contributed by atoms with Crippen molar-refractivity contribution in [1.82, 2.24) is 9.47 Å². The van der Waals surface area contributed by atoms with Crippen LogP contribution in [0.15, 0.2) is 70.0 Å². The van der Waals surface area contributed by atoms with Crippen molar-refractivity contribution in [3.63, 3.8) is 0 Å². The fourth-order valence-corrected chi connectivity index (χ4v) is 6.48. The van der Waals surface area contributed by atoms with Crippen molar-refractivity contribution in [2.45, 2.75) is 53.2 Å². The maximum atomic E-state index is 13.3. The van der Waals surface area contributed by atoms with Gasteiger partial charge in [-0.05, 0) is 68.7 Å². The first-order valence-corrected chi connectivity index (χ1v) is 16.7. The van der Waals surface area contributed by atoms with Gasteiger partial charge < -0.3 is 19.2 Å². The van der Waals surface area contributed by atoms with Crippen molar-refractivity contribution in [2.75, 3.05) is 34.8 Å². The van der Waals surface area contributed by atoms with Crippen LogP contribution in [-0.4, -0.2) is 49.5 Å². The Balaban J connectivity index is 1.54. The summed E-state index contributed by atoms with van der Waals surface area (Å²) in [6.07, 6.45) is 3.51. The van der Waals surface area contributed by atoms with Crippen LogP contribution in [0.5, 0.6) is 0 Å². The summed E-state index contributed by atoms with van der Waals surface area (Å²) in [6.45, 7) is 8.25. The van der Waals surface area contributed by atoms with Gasteiger partial charge in [-0.15, -0.1) is 0 Å². The number of nitrogens with one attached hydrogen (secondary N) is 2. The first-order chi connectivity index (χ1) is 21.2. The largest absolute Gasteiger partial charge is 0.461 e. The minimum atomic E-state index is -3.53. The molecular weight excluding hydrogens is 594 g/mol. The highest BCUT2D eigenvalue weighted by molar-refractivity contribution is 7.92. The minimum absolute atomic E-state index is 0.153. The van der Waals surface area contributed by atoms with Crippen LogP contribution in [0.1, 0.15) is 50.1 Å². The Labute approximate surface area is 262 Å². The lowest BCUT2D eigenvalue weighted by Crippen LogP contribution is -2.43. The van der Waals surface area contributed by atoms with Crippen molar-refractivity contribution in [3.8, 4) is 0 Å². The van der Waals surface area contributed by atoms with Gasteiger partial charge in [-0.25, -0.2) is 8.42 Å². The highest BCUT2D eigenvalue weighted by atomic mass is 32.2. The Morgan fingerprint density at radius 1 is 1.07 bits per heavy atom. The molecule has 5 rings (SSSR count). The van der Waals surface area contributed by atoms with Gasteiger partial charge in [0.15, 0.2) is 0 Å². The molecule has 1 aliphatic rings. The normalized spacial score (nSPS) is 15.6. The summed E-state index contributed by atoms with van der Waals surface area (Å²) >= 11 is 0. The first kappa shape index (κ1) is 32.0. The fourth-order valence-electron chi connectivity index (χ4n) is 5.89. The van der Waals surface area contributed by atoms with Gasteiger partial charge in [0, 0.05) is 38.9 Å². The monoisotopic (exact) mass is 633 g/mol. The van der Waals surface area contributed by atoms with Crippen molar-refractivity contribution in [3.05, 3.63) is 88.0 Å². The van der Waals surface area contributed by atoms with E-state index < -0.39 is 15.4 Å². The van der Waals surface area contributed by atoms with Crippen LogP contribution >= 0.6 is 0 Å². The van der Waals surface area contributed by atoms with Gasteiger partial charge in [-0.2, -0.15) is 0 Å². The second-order valence-electron chi connectivity index (χ2n) is 12.1. The smallest absolute Gasteiger partial charge is 0.261 e. The van der Waals surface area contributed by atoms with Gasteiger partial charge >= 0.3 is 0 Å². The number of hydrogen-bond donors (Lipinski definition) is 2. The number of fused-ring (bicyclic) bond motifs is 2. The average Bonchev–Trinajstić information content (AvgIpc) is 3.35. The molecule has 12 heteroatoms. The van der Waals surface area contributed by atoms with E-state index in [1.807, 2.05) is 30.3 Å². The summed E-state index contributed by atoms with van der Waals surface area (Å²) in [5.41, 5.74) is 2.44. The van der Waals surface area contributed by atoms with E-state index in [4.69, 9.17) is 4.42 Å². The molecule has 2 amide bonds. The highest BCUT2D eigenvalue weighted by Crippen LogP contribution is 2.38. The van der Waals surface area contributed by atoms with Crippen molar-refractivity contribution >= 4 is 49.9 Å². The van der Waals surface area contributed by atoms with Gasteiger partial charge in [-0.3, -0.25) is 24.0 Å². The van der Waals surface area contributed by atoms with Gasteiger partial charge in [-0.1, -0.05) is 31.2 Å². The van der Waals surface area contributed by atoms with Crippen molar-refractivity contribution < 1.29 is 22.4 Å². The predicted molar refractivity (Wildman–Crippen MR) is 176 cm³/mol. The number of pyridine rings is 1. The molecule has 1 unspecified atom stereocenters. The van der Waals surface area contributed by atoms with Crippen LogP contribution < -0.4 is 20.5 Å². The quantitative estimate of drug-likeness (QED) is 0.238. The molecule has 11 nitrogen and oxygen atoms in total. The van der Waals surface area contributed by atoms with E-state index in [1.165, 1.54) is 4.90 Å². The zero-order valence-electron chi connectivity index (χ0n) is 26.4. The molecule has 1 aliphatic heterocycles. The lowest BCUT2D eigenvalue weighted by atomic mass is 9.91. The second-order valence-corrected chi connectivity index (χ2v) is 13.8. The number of sulfonamides is 1. The molecule has 2 aromatic carbocycles. The lowest BCUT2D eigenvalue weighted by Gasteiger charge is -2.33. The van der Waals surface area contributed by atoms with E-state index in [2.05, 4.69) is 21.9 Å². The molecule has 2 aromatic heterocycles. The van der Waals surface area contributed by atoms with E-state index in [-0.39, 0.29) is 23.4 Å². The third kappa shape index (κ3) is 6.52. The maximum absolute atomic E-state index is 13.3. The molecule has 0 aliphatic carbocycles. The predicted octanol–water partition coefficient (Wildman–Crippen LogP) is 4.87. The number of aromatic nitrogens is 1. The molecule has 1 atom stereocenters. The summed E-state index contributed by atoms with van der Waals surface area (Å²) in [7, 11) is -1.86. The lowest BCUT2D eigenvalue weighted by molar-refractivity contribution is -0.136. The van der Waals surface area contributed by atoms with E-state index in [0.717, 1.165) is 17.4 Å². The Morgan fingerprint density at radius 2 is 1.80 bits per heavy atom. The molecule has 0 radical (unpaired) electrons. The number of carbonyl (C=O) groups excluding carboxylic acids is 2. The van der Waals surface area contributed by atoms with Crippen LogP contribution in [0.25, 0.3) is 11.0 Å². The van der Waals surface area contributed by atoms with Gasteiger partial charge in [0.1, 0.15) is 16.8 Å². The number of benzene rings is 2. The standard InChI is InChI=1S/C33H39N5O6S/c1-7-27(22-12-13-26-28(19-22)36(5)32(41)33(3,4)31(40)34-26)38(20-23-10-8-9-11-25(23)35-45(6,42)43)17-16-37-15-14-29-24(30(37)39)18-21(2)44-29/h8-15,18-19,27,35H,7,16-17,20H2,1-6H3,(H,34,40). The molecule has 0 saturated heterocycles. The number of amides is 2. The van der Waals surface area contributed by atoms with Crippen molar-refractivity contribution in [1.29, 1.82) is 0 Å². The third-order valence-electron chi connectivity index (χ3n) is 8.35. The number of nitrogens with zero attached hydrogens (tertiary/aromatic N) is 3. The van der Waals surface area contributed by atoms with Crippen molar-refractivity contribution in [2.24, 2.45) is 5.41 Å². The third-order valence-corrected chi connectivity index (χ3v) is 8.94. The van der Waals surface area contributed by atoms with Crippen LogP contribution in [0.3, 0.4) is 0 Å². The van der Waals surface area contributed by atoms with Crippen LogP contribution in [-0.2, 0) is 32.7 Å². The van der Waals surface area contributed by atoms with Gasteiger partial charge in [0.25, 0.3) is 5.56 Å². The molecule has 0 fully saturated rings. The topological polar surface area (TPSA) is 134 Å². The number of aryl methyl sites for hydroxylation is 1. The molecule has 2 N–H and O–H groups in total. The molecule has 238 valence electrons. The van der Waals surface area contributed by atoms with Crippen LogP contribution in [0.4, 0.5) is 17.1 Å². The maximum Gasteiger partial charge on any atom is 0.261 e. The molecule has 3 heterocycles. The zero-order valence-corrected chi connectivity index (χ0v) is 27.2.